The molecule has 0 saturated heterocycles. The number of alkyl halides is 4. The Labute approximate surface area is 110 Å². The number of nitrogens with two attached hydrogens (primary N) is 1. The highest BCUT2D eigenvalue weighted by Gasteiger charge is 2.26. The molecule has 1 heterocycles. The van der Waals surface area contributed by atoms with E-state index in [0.29, 0.717) is 10.8 Å². The van der Waals surface area contributed by atoms with Crippen LogP contribution in [0.3, 0.4) is 0 Å². The largest absolute Gasteiger partial charge is 0.408 e. The lowest BCUT2D eigenvalue weighted by Gasteiger charge is -2.04. The van der Waals surface area contributed by atoms with Gasteiger partial charge < -0.3 is 11.1 Å². The minimum absolute atomic E-state index is 0. The third-order valence-corrected chi connectivity index (χ3v) is 2.43. The van der Waals surface area contributed by atoms with Crippen molar-refractivity contribution in [3.63, 3.8) is 0 Å². The van der Waals surface area contributed by atoms with Crippen LogP contribution in [0.15, 0.2) is 10.4 Å². The fourth-order valence-electron chi connectivity index (χ4n) is 0.750. The first-order valence-electron chi connectivity index (χ1n) is 4.05. The van der Waals surface area contributed by atoms with E-state index in [1.165, 1.54) is 11.3 Å². The van der Waals surface area contributed by atoms with E-state index in [4.69, 9.17) is 17.3 Å². The summed E-state index contributed by atoms with van der Waals surface area (Å²) in [7, 11) is 0. The van der Waals surface area contributed by atoms with E-state index in [1.54, 1.807) is 5.38 Å². The molecular formula is C7H9Cl2F3N4S. The summed E-state index contributed by atoms with van der Waals surface area (Å²) < 4.78 is 35.4. The topological polar surface area (TPSA) is 63.3 Å². The van der Waals surface area contributed by atoms with Gasteiger partial charge in [-0.1, -0.05) is 0 Å². The standard InChI is InChI=1S/C7H8ClF3N4S.ClH/c8-1-4-2-16-6(14-4)15-5(12)13-3-7(9,10)11;/h2H,1,3H2,(H3,12,13,14,15);1H. The number of aromatic nitrogens is 1. The van der Waals surface area contributed by atoms with Gasteiger partial charge in [0.15, 0.2) is 11.1 Å². The van der Waals surface area contributed by atoms with Gasteiger partial charge >= 0.3 is 6.18 Å². The summed E-state index contributed by atoms with van der Waals surface area (Å²) in [6.07, 6.45) is -4.36. The number of rotatable bonds is 3. The molecule has 0 aliphatic rings. The molecule has 98 valence electrons. The zero-order chi connectivity index (χ0) is 12.2. The van der Waals surface area contributed by atoms with Crippen LogP contribution in [0.5, 0.6) is 0 Å². The number of nitrogens with one attached hydrogen (secondary N) is 1. The van der Waals surface area contributed by atoms with Crippen LogP contribution in [0.25, 0.3) is 0 Å². The van der Waals surface area contributed by atoms with Gasteiger partial charge in [0.25, 0.3) is 0 Å². The fourth-order valence-corrected chi connectivity index (χ4v) is 1.70. The van der Waals surface area contributed by atoms with Crippen molar-refractivity contribution in [1.82, 2.24) is 4.98 Å². The zero-order valence-electron chi connectivity index (χ0n) is 8.29. The number of halogens is 5. The fraction of sp³-hybridized carbons (Fsp3) is 0.429. The van der Waals surface area contributed by atoms with Crippen LogP contribution >= 0.6 is 35.3 Å². The lowest BCUT2D eigenvalue weighted by atomic mass is 10.6. The zero-order valence-corrected chi connectivity index (χ0v) is 10.7. The summed E-state index contributed by atoms with van der Waals surface area (Å²) in [5.74, 6) is -0.0922. The minimum atomic E-state index is -4.36. The number of aliphatic imine (C=N–C) groups is 1. The average Bonchev–Trinajstić information content (AvgIpc) is 2.61. The molecule has 1 aromatic rings. The molecule has 0 radical (unpaired) electrons. The van der Waals surface area contributed by atoms with E-state index >= 15 is 0 Å². The molecule has 0 atom stereocenters. The first-order valence-corrected chi connectivity index (χ1v) is 5.46. The van der Waals surface area contributed by atoms with Crippen molar-refractivity contribution in [2.75, 3.05) is 11.9 Å². The highest BCUT2D eigenvalue weighted by atomic mass is 35.5. The van der Waals surface area contributed by atoms with Gasteiger partial charge in [0.1, 0.15) is 6.54 Å². The lowest BCUT2D eigenvalue weighted by Crippen LogP contribution is -2.25. The van der Waals surface area contributed by atoms with Gasteiger partial charge in [-0.2, -0.15) is 13.2 Å². The van der Waals surface area contributed by atoms with Gasteiger partial charge in [-0.3, -0.25) is 0 Å². The van der Waals surface area contributed by atoms with E-state index in [2.05, 4.69) is 15.3 Å². The quantitative estimate of drug-likeness (QED) is 0.512. The second-order valence-electron chi connectivity index (χ2n) is 2.72. The molecule has 10 heteroatoms. The Morgan fingerprint density at radius 2 is 2.24 bits per heavy atom. The lowest BCUT2D eigenvalue weighted by molar-refractivity contribution is -0.118. The van der Waals surface area contributed by atoms with Gasteiger partial charge in [0.05, 0.1) is 11.6 Å². The molecule has 0 unspecified atom stereocenters. The average molecular weight is 309 g/mol. The van der Waals surface area contributed by atoms with E-state index in [0.717, 1.165) is 0 Å². The minimum Gasteiger partial charge on any atom is -0.370 e. The summed E-state index contributed by atoms with van der Waals surface area (Å²) in [6.45, 7) is -1.32. The Balaban J connectivity index is 0.00000256. The van der Waals surface area contributed by atoms with Crippen LogP contribution < -0.4 is 11.1 Å². The van der Waals surface area contributed by atoms with Crippen molar-refractivity contribution >= 4 is 46.4 Å². The van der Waals surface area contributed by atoms with Crippen LogP contribution in [0, 0.1) is 0 Å². The van der Waals surface area contributed by atoms with Crippen LogP contribution in [0.2, 0.25) is 0 Å². The Morgan fingerprint density at radius 3 is 2.71 bits per heavy atom. The Hall–Kier alpha value is -0.730. The number of nitrogens with zero attached hydrogens (tertiary/aromatic N) is 2. The van der Waals surface area contributed by atoms with Gasteiger partial charge in [0, 0.05) is 5.38 Å². The number of anilines is 1. The maximum absolute atomic E-state index is 11.8. The summed E-state index contributed by atoms with van der Waals surface area (Å²) in [5, 5.41) is 4.48. The maximum Gasteiger partial charge on any atom is 0.408 e. The highest BCUT2D eigenvalue weighted by molar-refractivity contribution is 7.13. The van der Waals surface area contributed by atoms with Gasteiger partial charge in [-0.15, -0.1) is 35.3 Å². The molecule has 0 aromatic carbocycles. The van der Waals surface area contributed by atoms with Crippen molar-refractivity contribution < 1.29 is 13.2 Å². The number of hydrogen-bond acceptors (Lipinski definition) is 3. The van der Waals surface area contributed by atoms with Gasteiger partial charge in [-0.25, -0.2) is 9.98 Å². The Bertz CT molecular complexity index is 379. The normalized spacial score (nSPS) is 12.1. The molecule has 3 N–H and O–H groups in total. The molecule has 0 spiro atoms. The van der Waals surface area contributed by atoms with Crippen LogP contribution in [-0.4, -0.2) is 23.7 Å². The van der Waals surface area contributed by atoms with Crippen molar-refractivity contribution in [2.24, 2.45) is 10.7 Å². The predicted molar refractivity (Wildman–Crippen MR) is 65.1 cm³/mol. The maximum atomic E-state index is 11.8. The summed E-state index contributed by atoms with van der Waals surface area (Å²) >= 11 is 6.69. The van der Waals surface area contributed by atoms with Crippen molar-refractivity contribution in [2.45, 2.75) is 12.1 Å². The van der Waals surface area contributed by atoms with Crippen LogP contribution in [-0.2, 0) is 5.88 Å². The van der Waals surface area contributed by atoms with E-state index in [9.17, 15) is 13.2 Å². The van der Waals surface area contributed by atoms with Gasteiger partial charge in [-0.05, 0) is 0 Å². The predicted octanol–water partition coefficient (Wildman–Crippen LogP) is 2.59. The highest BCUT2D eigenvalue weighted by Crippen LogP contribution is 2.17. The molecule has 0 bridgehead atoms. The van der Waals surface area contributed by atoms with Crippen LogP contribution in [0.4, 0.5) is 18.3 Å². The van der Waals surface area contributed by atoms with E-state index < -0.39 is 12.7 Å². The molecule has 0 amide bonds. The van der Waals surface area contributed by atoms with E-state index in [1.807, 2.05) is 0 Å². The van der Waals surface area contributed by atoms with Crippen molar-refractivity contribution in [3.05, 3.63) is 11.1 Å². The Kier molecular flexibility index (Phi) is 6.58. The molecule has 1 aromatic heterocycles. The molecule has 1 rings (SSSR count). The third-order valence-electron chi connectivity index (χ3n) is 1.35. The molecule has 0 aliphatic carbocycles. The van der Waals surface area contributed by atoms with Crippen LogP contribution in [0.1, 0.15) is 5.69 Å². The number of hydrogen-bond donors (Lipinski definition) is 2. The number of thiazole rings is 1. The summed E-state index contributed by atoms with van der Waals surface area (Å²) in [5.41, 5.74) is 5.86. The van der Waals surface area contributed by atoms with Gasteiger partial charge in [0.2, 0.25) is 0 Å². The Morgan fingerprint density at radius 1 is 1.59 bits per heavy atom. The SMILES string of the molecule is Cl.NC(=NCC(F)(F)F)Nc1nc(CCl)cs1. The second-order valence-corrected chi connectivity index (χ2v) is 3.84. The summed E-state index contributed by atoms with van der Waals surface area (Å²) in [4.78, 5) is 7.06. The molecule has 4 nitrogen and oxygen atoms in total. The summed E-state index contributed by atoms with van der Waals surface area (Å²) in [6, 6.07) is 0. The number of guanidine groups is 1. The molecule has 0 aliphatic heterocycles. The molecule has 0 saturated carbocycles. The smallest absolute Gasteiger partial charge is 0.370 e. The first-order chi connectivity index (χ1) is 7.40. The molecule has 0 fully saturated rings. The monoisotopic (exact) mass is 308 g/mol. The molecular weight excluding hydrogens is 300 g/mol. The van der Waals surface area contributed by atoms with Crippen molar-refractivity contribution in [1.29, 1.82) is 0 Å². The molecule has 17 heavy (non-hydrogen) atoms. The third kappa shape index (κ3) is 6.54. The first kappa shape index (κ1) is 16.3. The van der Waals surface area contributed by atoms with E-state index in [-0.39, 0.29) is 24.2 Å². The van der Waals surface area contributed by atoms with Crippen molar-refractivity contribution in [3.8, 4) is 0 Å². The second kappa shape index (κ2) is 6.87.